The van der Waals surface area contributed by atoms with Gasteiger partial charge in [0.1, 0.15) is 0 Å². The molecule has 2 rings (SSSR count). The minimum atomic E-state index is -2.89. The van der Waals surface area contributed by atoms with Crippen LogP contribution in [0.2, 0.25) is 0 Å². The third-order valence-electron chi connectivity index (χ3n) is 3.72. The predicted molar refractivity (Wildman–Crippen MR) is 74.7 cm³/mol. The number of benzene rings is 1. The molecule has 0 spiro atoms. The van der Waals surface area contributed by atoms with Crippen molar-refractivity contribution < 1.29 is 23.4 Å². The molecule has 1 aliphatic rings. The van der Waals surface area contributed by atoms with Gasteiger partial charge >= 0.3 is 6.61 Å². The molecular formula is C15H21F2NO3. The molecule has 0 saturated heterocycles. The average molecular weight is 301 g/mol. The van der Waals surface area contributed by atoms with E-state index in [0.717, 1.165) is 19.3 Å². The molecule has 1 saturated carbocycles. The number of aliphatic hydroxyl groups is 1. The second-order valence-corrected chi connectivity index (χ2v) is 5.23. The highest BCUT2D eigenvalue weighted by molar-refractivity contribution is 5.46. The van der Waals surface area contributed by atoms with Crippen molar-refractivity contribution in [3.63, 3.8) is 0 Å². The van der Waals surface area contributed by atoms with Crippen molar-refractivity contribution in [3.05, 3.63) is 23.8 Å². The van der Waals surface area contributed by atoms with Crippen LogP contribution in [-0.4, -0.2) is 31.0 Å². The first kappa shape index (κ1) is 16.0. The number of rotatable bonds is 6. The minimum absolute atomic E-state index is 0.0684. The molecule has 2 atom stereocenters. The summed E-state index contributed by atoms with van der Waals surface area (Å²) in [4.78, 5) is 0. The number of alkyl halides is 2. The molecule has 1 fully saturated rings. The van der Waals surface area contributed by atoms with Crippen molar-refractivity contribution in [1.29, 1.82) is 0 Å². The Balaban J connectivity index is 2.04. The first-order valence-electron chi connectivity index (χ1n) is 7.12. The third kappa shape index (κ3) is 4.54. The van der Waals surface area contributed by atoms with Gasteiger partial charge in [0.25, 0.3) is 0 Å². The second kappa shape index (κ2) is 7.56. The predicted octanol–water partition coefficient (Wildman–Crippen LogP) is 2.69. The average Bonchev–Trinajstić information content (AvgIpc) is 2.45. The van der Waals surface area contributed by atoms with Crippen LogP contribution in [0.1, 0.15) is 31.2 Å². The van der Waals surface area contributed by atoms with Crippen molar-refractivity contribution in [2.24, 2.45) is 0 Å². The van der Waals surface area contributed by atoms with Gasteiger partial charge in [-0.3, -0.25) is 0 Å². The van der Waals surface area contributed by atoms with Crippen LogP contribution < -0.4 is 14.8 Å². The van der Waals surface area contributed by atoms with Gasteiger partial charge < -0.3 is 19.9 Å². The van der Waals surface area contributed by atoms with Crippen molar-refractivity contribution in [2.45, 2.75) is 51.0 Å². The van der Waals surface area contributed by atoms with Gasteiger partial charge in [-0.1, -0.05) is 12.1 Å². The lowest BCUT2D eigenvalue weighted by atomic mass is 9.93. The third-order valence-corrected chi connectivity index (χ3v) is 3.72. The minimum Gasteiger partial charge on any atom is -0.493 e. The molecule has 2 N–H and O–H groups in total. The molecule has 1 aromatic carbocycles. The molecule has 21 heavy (non-hydrogen) atoms. The molecular weight excluding hydrogens is 280 g/mol. The highest BCUT2D eigenvalue weighted by atomic mass is 19.3. The van der Waals surface area contributed by atoms with Crippen LogP contribution in [0.15, 0.2) is 18.2 Å². The zero-order valence-corrected chi connectivity index (χ0v) is 12.0. The van der Waals surface area contributed by atoms with Crippen molar-refractivity contribution in [3.8, 4) is 11.5 Å². The molecule has 0 radical (unpaired) electrons. The van der Waals surface area contributed by atoms with Crippen molar-refractivity contribution in [2.75, 3.05) is 7.11 Å². The Bertz CT molecular complexity index is 457. The quantitative estimate of drug-likeness (QED) is 0.848. The number of aliphatic hydroxyl groups excluding tert-OH is 1. The molecule has 0 aromatic heterocycles. The summed E-state index contributed by atoms with van der Waals surface area (Å²) in [6.45, 7) is -2.49. The SMILES string of the molecule is COc1cccc(CNC2CCCC(O)C2)c1OC(F)F. The first-order chi connectivity index (χ1) is 10.1. The number of para-hydroxylation sites is 1. The number of hydrogen-bond donors (Lipinski definition) is 2. The van der Waals surface area contributed by atoms with E-state index in [1.807, 2.05) is 0 Å². The summed E-state index contributed by atoms with van der Waals surface area (Å²) in [6, 6.07) is 5.25. The van der Waals surface area contributed by atoms with E-state index in [1.165, 1.54) is 7.11 Å². The molecule has 118 valence electrons. The fraction of sp³-hybridized carbons (Fsp3) is 0.600. The van der Waals surface area contributed by atoms with E-state index >= 15 is 0 Å². The zero-order valence-electron chi connectivity index (χ0n) is 12.0. The highest BCUT2D eigenvalue weighted by Crippen LogP contribution is 2.32. The largest absolute Gasteiger partial charge is 0.493 e. The van der Waals surface area contributed by atoms with E-state index in [0.29, 0.717) is 24.3 Å². The highest BCUT2D eigenvalue weighted by Gasteiger charge is 2.21. The summed E-state index contributed by atoms with van der Waals surface area (Å²) in [5, 5.41) is 12.9. The van der Waals surface area contributed by atoms with Gasteiger partial charge in [0.2, 0.25) is 0 Å². The van der Waals surface area contributed by atoms with E-state index < -0.39 is 6.61 Å². The maximum Gasteiger partial charge on any atom is 0.387 e. The molecule has 0 bridgehead atoms. The van der Waals surface area contributed by atoms with Crippen LogP contribution in [-0.2, 0) is 6.54 Å². The molecule has 1 aliphatic carbocycles. The Hall–Kier alpha value is -1.40. The molecule has 1 aromatic rings. The molecule has 2 unspecified atom stereocenters. The van der Waals surface area contributed by atoms with Crippen LogP contribution in [0.25, 0.3) is 0 Å². The molecule has 4 nitrogen and oxygen atoms in total. The van der Waals surface area contributed by atoms with Gasteiger partial charge in [-0.15, -0.1) is 0 Å². The standard InChI is InChI=1S/C15H21F2NO3/c1-20-13-7-2-4-10(14(13)21-15(16)17)9-18-11-5-3-6-12(19)8-11/h2,4,7,11-12,15,18-19H,3,5-6,8-9H2,1H3. The Labute approximate surface area is 123 Å². The van der Waals surface area contributed by atoms with Crippen LogP contribution >= 0.6 is 0 Å². The molecule has 0 amide bonds. The fourth-order valence-corrected chi connectivity index (χ4v) is 2.69. The van der Waals surface area contributed by atoms with E-state index in [2.05, 4.69) is 10.1 Å². The number of methoxy groups -OCH3 is 1. The van der Waals surface area contributed by atoms with Crippen LogP contribution in [0, 0.1) is 0 Å². The van der Waals surface area contributed by atoms with Crippen LogP contribution in [0.3, 0.4) is 0 Å². The summed E-state index contributed by atoms with van der Waals surface area (Å²) in [5.74, 6) is 0.358. The Kier molecular flexibility index (Phi) is 5.76. The Morgan fingerprint density at radius 1 is 1.38 bits per heavy atom. The summed E-state index contributed by atoms with van der Waals surface area (Å²) >= 11 is 0. The number of ether oxygens (including phenoxy) is 2. The lowest BCUT2D eigenvalue weighted by molar-refractivity contribution is -0.0519. The topological polar surface area (TPSA) is 50.7 Å². The maximum atomic E-state index is 12.5. The van der Waals surface area contributed by atoms with E-state index in [1.54, 1.807) is 18.2 Å². The molecule has 6 heteroatoms. The fourth-order valence-electron chi connectivity index (χ4n) is 2.69. The molecule has 0 aliphatic heterocycles. The van der Waals surface area contributed by atoms with Gasteiger partial charge in [-0.05, 0) is 31.7 Å². The summed E-state index contributed by atoms with van der Waals surface area (Å²) < 4.78 is 34.7. The van der Waals surface area contributed by atoms with Gasteiger partial charge in [-0.25, -0.2) is 0 Å². The van der Waals surface area contributed by atoms with Gasteiger partial charge in [-0.2, -0.15) is 8.78 Å². The lowest BCUT2D eigenvalue weighted by Crippen LogP contribution is -2.35. The number of nitrogens with one attached hydrogen (secondary N) is 1. The van der Waals surface area contributed by atoms with E-state index in [9.17, 15) is 13.9 Å². The van der Waals surface area contributed by atoms with E-state index in [4.69, 9.17) is 4.74 Å². The van der Waals surface area contributed by atoms with E-state index in [-0.39, 0.29) is 17.9 Å². The maximum absolute atomic E-state index is 12.5. The first-order valence-corrected chi connectivity index (χ1v) is 7.12. The number of halogens is 2. The Morgan fingerprint density at radius 2 is 2.19 bits per heavy atom. The number of hydrogen-bond acceptors (Lipinski definition) is 4. The van der Waals surface area contributed by atoms with Gasteiger partial charge in [0.15, 0.2) is 11.5 Å². The molecule has 0 heterocycles. The second-order valence-electron chi connectivity index (χ2n) is 5.23. The zero-order chi connectivity index (χ0) is 15.2. The van der Waals surface area contributed by atoms with Gasteiger partial charge in [0.05, 0.1) is 13.2 Å². The Morgan fingerprint density at radius 3 is 2.86 bits per heavy atom. The normalized spacial score (nSPS) is 22.3. The van der Waals surface area contributed by atoms with Crippen molar-refractivity contribution in [1.82, 2.24) is 5.32 Å². The summed E-state index contributed by atoms with van der Waals surface area (Å²) in [6.07, 6.45) is 3.19. The summed E-state index contributed by atoms with van der Waals surface area (Å²) in [7, 11) is 1.42. The monoisotopic (exact) mass is 301 g/mol. The van der Waals surface area contributed by atoms with Crippen molar-refractivity contribution >= 4 is 0 Å². The van der Waals surface area contributed by atoms with Crippen LogP contribution in [0.5, 0.6) is 11.5 Å². The lowest BCUT2D eigenvalue weighted by Gasteiger charge is -2.27. The summed E-state index contributed by atoms with van der Waals surface area (Å²) in [5.41, 5.74) is 0.620. The smallest absolute Gasteiger partial charge is 0.387 e. The van der Waals surface area contributed by atoms with Gasteiger partial charge in [0, 0.05) is 18.2 Å². The van der Waals surface area contributed by atoms with Crippen LogP contribution in [0.4, 0.5) is 8.78 Å².